The minimum absolute atomic E-state index is 0.246. The fraction of sp³-hybridized carbons (Fsp3) is 0.600. The molecule has 2 saturated heterocycles. The van der Waals surface area contributed by atoms with E-state index < -0.39 is 12.1 Å². The van der Waals surface area contributed by atoms with E-state index in [4.69, 9.17) is 14.6 Å². The zero-order valence-corrected chi connectivity index (χ0v) is 15.6. The number of rotatable bonds is 9. The lowest BCUT2D eigenvalue weighted by Crippen LogP contribution is -2.44. The van der Waals surface area contributed by atoms with Gasteiger partial charge in [-0.15, -0.1) is 0 Å². The van der Waals surface area contributed by atoms with E-state index in [2.05, 4.69) is 10.9 Å². The third-order valence-corrected chi connectivity index (χ3v) is 5.52. The summed E-state index contributed by atoms with van der Waals surface area (Å²) in [4.78, 5) is 22.5. The molecular formula is C20H28N2O5. The Bertz CT molecular complexity index is 648. The molecule has 27 heavy (non-hydrogen) atoms. The van der Waals surface area contributed by atoms with Gasteiger partial charge in [0.15, 0.2) is 0 Å². The number of ether oxygens (including phenoxy) is 2. The number of carbonyl (C=O) groups excluding carboxylic acids is 1. The Morgan fingerprint density at radius 1 is 1.19 bits per heavy atom. The van der Waals surface area contributed by atoms with E-state index >= 15 is 0 Å². The van der Waals surface area contributed by atoms with E-state index in [9.17, 15) is 9.59 Å². The molecule has 2 fully saturated rings. The van der Waals surface area contributed by atoms with Gasteiger partial charge in [0.1, 0.15) is 0 Å². The van der Waals surface area contributed by atoms with Crippen LogP contribution in [0.1, 0.15) is 48.5 Å². The molecule has 2 heterocycles. The summed E-state index contributed by atoms with van der Waals surface area (Å²) >= 11 is 0. The second-order valence-corrected chi connectivity index (χ2v) is 7.30. The van der Waals surface area contributed by atoms with Crippen molar-refractivity contribution in [2.45, 2.75) is 51.2 Å². The number of carboxylic acid groups (broad SMARTS) is 1. The lowest BCUT2D eigenvalue weighted by molar-refractivity contribution is 0.0696. The van der Waals surface area contributed by atoms with Crippen molar-refractivity contribution >= 4 is 12.1 Å². The minimum atomic E-state index is -0.904. The number of hydrazine groups is 1. The highest BCUT2D eigenvalue weighted by Crippen LogP contribution is 2.45. The summed E-state index contributed by atoms with van der Waals surface area (Å²) < 4.78 is 11.1. The molecule has 0 radical (unpaired) electrons. The first-order valence-corrected chi connectivity index (χ1v) is 9.71. The Morgan fingerprint density at radius 3 is 2.56 bits per heavy atom. The van der Waals surface area contributed by atoms with E-state index in [1.807, 2.05) is 19.1 Å². The molecule has 0 spiro atoms. The summed E-state index contributed by atoms with van der Waals surface area (Å²) in [6.07, 6.45) is 4.92. The molecule has 0 aliphatic carbocycles. The minimum Gasteiger partial charge on any atom is -0.478 e. The van der Waals surface area contributed by atoms with Crippen molar-refractivity contribution < 1.29 is 24.2 Å². The van der Waals surface area contributed by atoms with Crippen LogP contribution in [0.25, 0.3) is 0 Å². The quantitative estimate of drug-likeness (QED) is 0.574. The van der Waals surface area contributed by atoms with Crippen molar-refractivity contribution in [1.29, 1.82) is 0 Å². The van der Waals surface area contributed by atoms with Crippen LogP contribution in [0.2, 0.25) is 0 Å². The third kappa shape index (κ3) is 4.99. The van der Waals surface area contributed by atoms with Crippen molar-refractivity contribution in [2.75, 3.05) is 13.2 Å². The van der Waals surface area contributed by atoms with Crippen molar-refractivity contribution in [3.8, 4) is 0 Å². The van der Waals surface area contributed by atoms with E-state index in [0.29, 0.717) is 30.6 Å². The molecule has 7 heteroatoms. The average Bonchev–Trinajstić information content (AvgIpc) is 3.27. The number of aryl methyl sites for hydroxylation is 1. The molecule has 4 unspecified atom stereocenters. The molecule has 0 aromatic heterocycles. The number of carbonyl (C=O) groups is 2. The van der Waals surface area contributed by atoms with Gasteiger partial charge in [-0.25, -0.2) is 15.0 Å². The molecule has 2 aliphatic heterocycles. The van der Waals surface area contributed by atoms with Crippen LogP contribution in [0.4, 0.5) is 4.79 Å². The van der Waals surface area contributed by atoms with Gasteiger partial charge in [-0.05, 0) is 55.7 Å². The maximum absolute atomic E-state index is 11.5. The van der Waals surface area contributed by atoms with Gasteiger partial charge >= 0.3 is 12.1 Å². The molecule has 4 atom stereocenters. The molecule has 3 rings (SSSR count). The predicted molar refractivity (Wildman–Crippen MR) is 99.4 cm³/mol. The molecule has 148 valence electrons. The van der Waals surface area contributed by atoms with E-state index in [1.54, 1.807) is 12.1 Å². The summed E-state index contributed by atoms with van der Waals surface area (Å²) in [6.45, 7) is 3.02. The zero-order valence-electron chi connectivity index (χ0n) is 15.6. The topological polar surface area (TPSA) is 96.9 Å². The fourth-order valence-electron chi connectivity index (χ4n) is 4.17. The van der Waals surface area contributed by atoms with Crippen molar-refractivity contribution in [3.63, 3.8) is 0 Å². The Morgan fingerprint density at radius 2 is 1.89 bits per heavy atom. The van der Waals surface area contributed by atoms with E-state index in [-0.39, 0.29) is 12.2 Å². The molecule has 2 aliphatic rings. The third-order valence-electron chi connectivity index (χ3n) is 5.52. The number of benzene rings is 1. The molecule has 1 aromatic rings. The number of fused-ring (bicyclic) bond motifs is 2. The largest absolute Gasteiger partial charge is 0.478 e. The van der Waals surface area contributed by atoms with Crippen LogP contribution in [0.5, 0.6) is 0 Å². The van der Waals surface area contributed by atoms with Gasteiger partial charge in [0.25, 0.3) is 0 Å². The summed E-state index contributed by atoms with van der Waals surface area (Å²) in [5.41, 5.74) is 7.04. The zero-order chi connectivity index (χ0) is 19.2. The summed E-state index contributed by atoms with van der Waals surface area (Å²) in [5, 5.41) is 8.99. The SMILES string of the molecule is CCCOC(=O)NNCC1C2CCC(O2)C1CCc1ccc(C(=O)O)cc1. The van der Waals surface area contributed by atoms with Crippen LogP contribution in [-0.2, 0) is 15.9 Å². The van der Waals surface area contributed by atoms with Gasteiger partial charge in [-0.2, -0.15) is 0 Å². The highest BCUT2D eigenvalue weighted by atomic mass is 16.6. The predicted octanol–water partition coefficient (Wildman–Crippen LogP) is 2.75. The highest BCUT2D eigenvalue weighted by molar-refractivity contribution is 5.87. The smallest absolute Gasteiger partial charge is 0.421 e. The van der Waals surface area contributed by atoms with Gasteiger partial charge < -0.3 is 14.6 Å². The van der Waals surface area contributed by atoms with Crippen molar-refractivity contribution in [2.24, 2.45) is 11.8 Å². The maximum Gasteiger partial charge on any atom is 0.421 e. The Labute approximate surface area is 159 Å². The Hall–Kier alpha value is -2.12. The van der Waals surface area contributed by atoms with Gasteiger partial charge in [0.05, 0.1) is 24.4 Å². The molecule has 2 bridgehead atoms. The first kappa shape index (κ1) is 19.6. The van der Waals surface area contributed by atoms with Crippen molar-refractivity contribution in [1.82, 2.24) is 10.9 Å². The molecule has 1 aromatic carbocycles. The van der Waals surface area contributed by atoms with Crippen LogP contribution in [0.15, 0.2) is 24.3 Å². The highest BCUT2D eigenvalue weighted by Gasteiger charge is 2.48. The van der Waals surface area contributed by atoms with E-state index in [0.717, 1.165) is 37.7 Å². The van der Waals surface area contributed by atoms with Gasteiger partial charge in [0, 0.05) is 12.5 Å². The first-order valence-electron chi connectivity index (χ1n) is 9.71. The van der Waals surface area contributed by atoms with Crippen LogP contribution in [-0.4, -0.2) is 42.5 Å². The number of amides is 1. The number of carboxylic acids is 1. The van der Waals surface area contributed by atoms with Crippen molar-refractivity contribution in [3.05, 3.63) is 35.4 Å². The number of nitrogens with one attached hydrogen (secondary N) is 2. The molecule has 1 amide bonds. The molecular weight excluding hydrogens is 348 g/mol. The second kappa shape index (κ2) is 9.19. The summed E-state index contributed by atoms with van der Waals surface area (Å²) in [6, 6.07) is 7.08. The standard InChI is InChI=1S/C20H28N2O5/c1-2-11-26-20(25)22-21-12-16-15(17-9-10-18(16)27-17)8-5-13-3-6-14(7-4-13)19(23)24/h3-4,6-7,15-18,21H,2,5,8-12H2,1H3,(H,22,25)(H,23,24). The number of aromatic carboxylic acids is 1. The lowest BCUT2D eigenvalue weighted by Gasteiger charge is -2.28. The van der Waals surface area contributed by atoms with Gasteiger partial charge in [-0.3, -0.25) is 5.43 Å². The second-order valence-electron chi connectivity index (χ2n) is 7.30. The Kier molecular flexibility index (Phi) is 6.68. The number of hydrogen-bond acceptors (Lipinski definition) is 5. The first-order chi connectivity index (χ1) is 13.1. The maximum atomic E-state index is 11.5. The fourth-order valence-corrected chi connectivity index (χ4v) is 4.17. The van der Waals surface area contributed by atoms with Crippen LogP contribution < -0.4 is 10.9 Å². The lowest BCUT2D eigenvalue weighted by atomic mass is 9.76. The monoisotopic (exact) mass is 376 g/mol. The van der Waals surface area contributed by atoms with E-state index in [1.165, 1.54) is 0 Å². The van der Waals surface area contributed by atoms with Gasteiger partial charge in [0.2, 0.25) is 0 Å². The Balaban J connectivity index is 1.49. The molecule has 0 saturated carbocycles. The molecule has 7 nitrogen and oxygen atoms in total. The average molecular weight is 376 g/mol. The normalized spacial score (nSPS) is 26.1. The number of hydrogen-bond donors (Lipinski definition) is 3. The molecule has 3 N–H and O–H groups in total. The summed E-state index contributed by atoms with van der Waals surface area (Å²) in [7, 11) is 0. The summed E-state index contributed by atoms with van der Waals surface area (Å²) in [5.74, 6) is -0.114. The van der Waals surface area contributed by atoms with Gasteiger partial charge in [-0.1, -0.05) is 19.1 Å². The van der Waals surface area contributed by atoms with Crippen LogP contribution in [0, 0.1) is 11.8 Å². The van der Waals surface area contributed by atoms with Crippen LogP contribution >= 0.6 is 0 Å². The van der Waals surface area contributed by atoms with Crippen LogP contribution in [0.3, 0.4) is 0 Å².